The van der Waals surface area contributed by atoms with Crippen LogP contribution in [0.15, 0.2) is 42.7 Å². The molecule has 4 heteroatoms. The van der Waals surface area contributed by atoms with Gasteiger partial charge in [-0.1, -0.05) is 32.0 Å². The molecule has 0 saturated carbocycles. The fraction of sp³-hybridized carbons (Fsp3) is 0.278. The molecular weight excluding hydrogens is 272 g/mol. The number of benzene rings is 1. The molecule has 110 valence electrons. The number of nitriles is 1. The van der Waals surface area contributed by atoms with E-state index in [4.69, 9.17) is 0 Å². The standard InChI is InChI=1S/C18H18N4/c1-3-18(4-2,12-19)14-7-5-6-13(10-14)15-8-9-20-17-16(15)11-21-22-17/h5-11H,3-4H2,1-2H3,(H,20,21,22). The SMILES string of the molecule is CCC(C#N)(CC)c1cccc(-c2ccnc3[nH]ncc23)c1. The molecule has 1 N–H and O–H groups in total. The summed E-state index contributed by atoms with van der Waals surface area (Å²) in [6, 6.07) is 12.8. The monoisotopic (exact) mass is 290 g/mol. The van der Waals surface area contributed by atoms with Crippen molar-refractivity contribution < 1.29 is 0 Å². The van der Waals surface area contributed by atoms with Gasteiger partial charge in [0.2, 0.25) is 0 Å². The number of pyridine rings is 1. The third kappa shape index (κ3) is 2.15. The van der Waals surface area contributed by atoms with Crippen LogP contribution >= 0.6 is 0 Å². The first-order chi connectivity index (χ1) is 10.7. The lowest BCUT2D eigenvalue weighted by Gasteiger charge is -2.24. The molecule has 0 aliphatic rings. The second-order valence-electron chi connectivity index (χ2n) is 5.47. The number of aromatic nitrogens is 3. The Labute approximate surface area is 129 Å². The molecule has 3 rings (SSSR count). The molecule has 2 heterocycles. The van der Waals surface area contributed by atoms with Crippen molar-refractivity contribution in [1.29, 1.82) is 5.26 Å². The van der Waals surface area contributed by atoms with Crippen LogP contribution in [0.1, 0.15) is 32.3 Å². The molecule has 0 bridgehead atoms. The summed E-state index contributed by atoms with van der Waals surface area (Å²) in [6.07, 6.45) is 5.18. The van der Waals surface area contributed by atoms with Gasteiger partial charge in [0, 0.05) is 11.6 Å². The summed E-state index contributed by atoms with van der Waals surface area (Å²) in [5.41, 5.74) is 3.61. The Hall–Kier alpha value is -2.67. The largest absolute Gasteiger partial charge is 0.261 e. The normalized spacial score (nSPS) is 11.5. The maximum Gasteiger partial charge on any atom is 0.155 e. The van der Waals surface area contributed by atoms with Crippen LogP contribution in [-0.2, 0) is 5.41 Å². The first-order valence-electron chi connectivity index (χ1n) is 7.54. The number of rotatable bonds is 4. The summed E-state index contributed by atoms with van der Waals surface area (Å²) < 4.78 is 0. The first kappa shape index (κ1) is 14.3. The van der Waals surface area contributed by atoms with Crippen molar-refractivity contribution in [3.8, 4) is 17.2 Å². The lowest BCUT2D eigenvalue weighted by Crippen LogP contribution is -2.21. The topological polar surface area (TPSA) is 65.4 Å². The molecule has 0 amide bonds. The van der Waals surface area contributed by atoms with Gasteiger partial charge in [0.05, 0.1) is 17.7 Å². The molecule has 0 saturated heterocycles. The Morgan fingerprint density at radius 1 is 1.23 bits per heavy atom. The van der Waals surface area contributed by atoms with Crippen molar-refractivity contribution in [2.75, 3.05) is 0 Å². The van der Waals surface area contributed by atoms with Crippen LogP contribution in [-0.4, -0.2) is 15.2 Å². The van der Waals surface area contributed by atoms with E-state index in [1.165, 1.54) is 0 Å². The van der Waals surface area contributed by atoms with E-state index in [9.17, 15) is 5.26 Å². The molecule has 3 aromatic rings. The zero-order chi connectivity index (χ0) is 15.6. The number of nitrogens with zero attached hydrogens (tertiary/aromatic N) is 3. The molecule has 0 spiro atoms. The van der Waals surface area contributed by atoms with Crippen molar-refractivity contribution in [3.63, 3.8) is 0 Å². The molecule has 2 aromatic heterocycles. The average Bonchev–Trinajstić information content (AvgIpc) is 3.06. The summed E-state index contributed by atoms with van der Waals surface area (Å²) in [6.45, 7) is 4.14. The quantitative estimate of drug-likeness (QED) is 0.783. The Morgan fingerprint density at radius 3 is 2.77 bits per heavy atom. The van der Waals surface area contributed by atoms with E-state index < -0.39 is 5.41 Å². The highest BCUT2D eigenvalue weighted by Gasteiger charge is 2.28. The molecule has 22 heavy (non-hydrogen) atoms. The van der Waals surface area contributed by atoms with E-state index in [2.05, 4.69) is 47.2 Å². The average molecular weight is 290 g/mol. The van der Waals surface area contributed by atoms with Gasteiger partial charge in [-0.2, -0.15) is 10.4 Å². The second-order valence-corrected chi connectivity index (χ2v) is 5.47. The van der Waals surface area contributed by atoms with E-state index in [1.54, 1.807) is 12.4 Å². The van der Waals surface area contributed by atoms with Crippen LogP contribution in [0.5, 0.6) is 0 Å². The summed E-state index contributed by atoms with van der Waals surface area (Å²) in [4.78, 5) is 4.28. The van der Waals surface area contributed by atoms with Gasteiger partial charge in [0.25, 0.3) is 0 Å². The molecule has 0 atom stereocenters. The van der Waals surface area contributed by atoms with Gasteiger partial charge < -0.3 is 0 Å². The van der Waals surface area contributed by atoms with E-state index in [0.29, 0.717) is 0 Å². The van der Waals surface area contributed by atoms with Crippen molar-refractivity contribution in [2.45, 2.75) is 32.1 Å². The fourth-order valence-corrected chi connectivity index (χ4v) is 2.97. The summed E-state index contributed by atoms with van der Waals surface area (Å²) in [7, 11) is 0. The Morgan fingerprint density at radius 2 is 2.05 bits per heavy atom. The smallest absolute Gasteiger partial charge is 0.155 e. The molecular formula is C18H18N4. The number of aromatic amines is 1. The molecule has 1 aromatic carbocycles. The van der Waals surface area contributed by atoms with Gasteiger partial charge in [-0.05, 0) is 41.7 Å². The minimum atomic E-state index is -0.418. The van der Waals surface area contributed by atoms with Gasteiger partial charge in [0.15, 0.2) is 5.65 Å². The zero-order valence-electron chi connectivity index (χ0n) is 12.8. The van der Waals surface area contributed by atoms with Crippen LogP contribution in [0.4, 0.5) is 0 Å². The fourth-order valence-electron chi connectivity index (χ4n) is 2.97. The van der Waals surface area contributed by atoms with Gasteiger partial charge in [0.1, 0.15) is 0 Å². The minimum absolute atomic E-state index is 0.418. The molecule has 0 aliphatic heterocycles. The molecule has 0 radical (unpaired) electrons. The molecule has 0 aliphatic carbocycles. The zero-order valence-corrected chi connectivity index (χ0v) is 12.8. The predicted octanol–water partition coefficient (Wildman–Crippen LogP) is 4.21. The van der Waals surface area contributed by atoms with Crippen molar-refractivity contribution in [1.82, 2.24) is 15.2 Å². The van der Waals surface area contributed by atoms with E-state index in [0.717, 1.165) is 40.6 Å². The lowest BCUT2D eigenvalue weighted by atomic mass is 9.76. The van der Waals surface area contributed by atoms with E-state index >= 15 is 0 Å². The number of nitrogens with one attached hydrogen (secondary N) is 1. The lowest BCUT2D eigenvalue weighted by molar-refractivity contribution is 0.511. The van der Waals surface area contributed by atoms with Crippen molar-refractivity contribution in [2.24, 2.45) is 0 Å². The maximum atomic E-state index is 9.66. The minimum Gasteiger partial charge on any atom is -0.261 e. The van der Waals surface area contributed by atoms with Gasteiger partial charge in [-0.3, -0.25) is 5.10 Å². The van der Waals surface area contributed by atoms with Crippen LogP contribution in [0.2, 0.25) is 0 Å². The van der Waals surface area contributed by atoms with Crippen LogP contribution in [0, 0.1) is 11.3 Å². The van der Waals surface area contributed by atoms with Gasteiger partial charge >= 0.3 is 0 Å². The highest BCUT2D eigenvalue weighted by molar-refractivity contribution is 5.92. The van der Waals surface area contributed by atoms with Crippen LogP contribution in [0.3, 0.4) is 0 Å². The highest BCUT2D eigenvalue weighted by atomic mass is 15.1. The Kier molecular flexibility index (Phi) is 3.64. The highest BCUT2D eigenvalue weighted by Crippen LogP contribution is 2.34. The van der Waals surface area contributed by atoms with Gasteiger partial charge in [-0.15, -0.1) is 0 Å². The molecule has 0 fully saturated rings. The summed E-state index contributed by atoms with van der Waals surface area (Å²) >= 11 is 0. The Balaban J connectivity index is 2.17. The summed E-state index contributed by atoms with van der Waals surface area (Å²) in [5.74, 6) is 0. The van der Waals surface area contributed by atoms with Crippen LogP contribution < -0.4 is 0 Å². The van der Waals surface area contributed by atoms with E-state index in [1.807, 2.05) is 18.2 Å². The van der Waals surface area contributed by atoms with Crippen molar-refractivity contribution in [3.05, 3.63) is 48.3 Å². The molecule has 4 nitrogen and oxygen atoms in total. The predicted molar refractivity (Wildman–Crippen MR) is 87.2 cm³/mol. The third-order valence-electron chi connectivity index (χ3n) is 4.50. The van der Waals surface area contributed by atoms with Gasteiger partial charge in [-0.25, -0.2) is 4.98 Å². The second kappa shape index (κ2) is 5.61. The maximum absolute atomic E-state index is 9.66. The number of H-pyrrole nitrogens is 1. The summed E-state index contributed by atoms with van der Waals surface area (Å²) in [5, 5.41) is 17.6. The molecule has 0 unspecified atom stereocenters. The van der Waals surface area contributed by atoms with E-state index in [-0.39, 0.29) is 0 Å². The Bertz CT molecular complexity index is 837. The number of hydrogen-bond acceptors (Lipinski definition) is 3. The third-order valence-corrected chi connectivity index (χ3v) is 4.50. The van der Waals surface area contributed by atoms with Crippen LogP contribution in [0.25, 0.3) is 22.2 Å². The van der Waals surface area contributed by atoms with Crippen molar-refractivity contribution >= 4 is 11.0 Å². The number of hydrogen-bond donors (Lipinski definition) is 1. The first-order valence-corrected chi connectivity index (χ1v) is 7.54. The number of fused-ring (bicyclic) bond motifs is 1.